The molecule has 5 heteroatoms. The summed E-state index contributed by atoms with van der Waals surface area (Å²) in [6, 6.07) is 7.37. The number of carbonyl (C=O) groups is 2. The van der Waals surface area contributed by atoms with Crippen LogP contribution in [0.3, 0.4) is 0 Å². The van der Waals surface area contributed by atoms with Crippen LogP contribution in [0.2, 0.25) is 0 Å². The number of amides is 1. The van der Waals surface area contributed by atoms with Gasteiger partial charge in [0.2, 0.25) is 5.91 Å². The van der Waals surface area contributed by atoms with Crippen molar-refractivity contribution in [1.29, 1.82) is 0 Å². The van der Waals surface area contributed by atoms with Crippen LogP contribution in [-0.2, 0) is 16.0 Å². The first-order valence-corrected chi connectivity index (χ1v) is 6.74. The number of carbonyl (C=O) groups excluding carboxylic acids is 1. The van der Waals surface area contributed by atoms with Crippen molar-refractivity contribution in [2.24, 2.45) is 5.92 Å². The molecule has 0 radical (unpaired) electrons. The molecule has 2 N–H and O–H groups in total. The Labute approximate surface area is 118 Å². The van der Waals surface area contributed by atoms with Crippen molar-refractivity contribution in [3.63, 3.8) is 0 Å². The molecule has 20 heavy (non-hydrogen) atoms. The van der Waals surface area contributed by atoms with Crippen LogP contribution in [0.15, 0.2) is 24.3 Å². The van der Waals surface area contributed by atoms with Gasteiger partial charge < -0.3 is 15.2 Å². The Morgan fingerprint density at radius 3 is 2.80 bits per heavy atom. The maximum Gasteiger partial charge on any atom is 0.308 e. The largest absolute Gasteiger partial charge is 0.494 e. The van der Waals surface area contributed by atoms with E-state index in [0.717, 1.165) is 17.7 Å². The van der Waals surface area contributed by atoms with Crippen molar-refractivity contribution in [3.8, 4) is 5.75 Å². The lowest BCUT2D eigenvalue weighted by atomic mass is 10.1. The lowest BCUT2D eigenvalue weighted by Gasteiger charge is -2.09. The van der Waals surface area contributed by atoms with Gasteiger partial charge in [0.1, 0.15) is 5.75 Å². The van der Waals surface area contributed by atoms with Gasteiger partial charge >= 0.3 is 5.97 Å². The molecule has 0 aliphatic heterocycles. The van der Waals surface area contributed by atoms with Crippen LogP contribution in [0.4, 0.5) is 0 Å². The molecule has 0 saturated heterocycles. The number of hydrogen-bond donors (Lipinski definition) is 2. The Kier molecular flexibility index (Phi) is 6.56. The molecule has 0 aromatic heterocycles. The molecule has 1 amide bonds. The second-order valence-electron chi connectivity index (χ2n) is 4.72. The predicted molar refractivity (Wildman–Crippen MR) is 75.7 cm³/mol. The van der Waals surface area contributed by atoms with Crippen LogP contribution in [-0.4, -0.2) is 30.1 Å². The molecule has 1 aromatic rings. The van der Waals surface area contributed by atoms with Gasteiger partial charge in [-0.3, -0.25) is 9.59 Å². The fourth-order valence-electron chi connectivity index (χ4n) is 1.57. The molecular weight excluding hydrogens is 258 g/mol. The van der Waals surface area contributed by atoms with Gasteiger partial charge in [-0.25, -0.2) is 0 Å². The summed E-state index contributed by atoms with van der Waals surface area (Å²) in [4.78, 5) is 22.4. The van der Waals surface area contributed by atoms with Crippen LogP contribution >= 0.6 is 0 Å². The molecule has 0 spiro atoms. The predicted octanol–water partition coefficient (Wildman–Crippen LogP) is 1.85. The van der Waals surface area contributed by atoms with E-state index >= 15 is 0 Å². The van der Waals surface area contributed by atoms with E-state index in [2.05, 4.69) is 5.32 Å². The van der Waals surface area contributed by atoms with Crippen molar-refractivity contribution >= 4 is 11.9 Å². The molecule has 0 aliphatic rings. The quantitative estimate of drug-likeness (QED) is 0.761. The Morgan fingerprint density at radius 2 is 2.15 bits per heavy atom. The van der Waals surface area contributed by atoms with E-state index in [4.69, 9.17) is 9.84 Å². The normalized spacial score (nSPS) is 11.7. The zero-order chi connectivity index (χ0) is 15.0. The Hall–Kier alpha value is -2.04. The molecule has 1 rings (SSSR count). The first-order valence-electron chi connectivity index (χ1n) is 6.74. The van der Waals surface area contributed by atoms with Crippen LogP contribution in [0.25, 0.3) is 0 Å². The Bertz CT molecular complexity index is 459. The standard InChI is InChI=1S/C15H21NO4/c1-3-7-20-13-6-4-5-12(8-13)9-14(17)16-10-11(2)15(18)19/h4-6,8,11H,3,7,9-10H2,1-2H3,(H,16,17)(H,18,19). The van der Waals surface area contributed by atoms with Gasteiger partial charge in [0.25, 0.3) is 0 Å². The molecule has 0 bridgehead atoms. The van der Waals surface area contributed by atoms with Crippen LogP contribution in [0.1, 0.15) is 25.8 Å². The summed E-state index contributed by atoms with van der Waals surface area (Å²) in [5.41, 5.74) is 0.846. The van der Waals surface area contributed by atoms with E-state index in [9.17, 15) is 9.59 Å². The Morgan fingerprint density at radius 1 is 1.40 bits per heavy atom. The van der Waals surface area contributed by atoms with Crippen molar-refractivity contribution in [3.05, 3.63) is 29.8 Å². The molecular formula is C15H21NO4. The smallest absolute Gasteiger partial charge is 0.308 e. The zero-order valence-corrected chi connectivity index (χ0v) is 11.9. The molecule has 0 heterocycles. The van der Waals surface area contributed by atoms with E-state index in [1.165, 1.54) is 0 Å². The number of rotatable bonds is 8. The van der Waals surface area contributed by atoms with Gasteiger partial charge in [-0.2, -0.15) is 0 Å². The van der Waals surface area contributed by atoms with Crippen molar-refractivity contribution in [2.75, 3.05) is 13.2 Å². The van der Waals surface area contributed by atoms with Gasteiger partial charge in [-0.1, -0.05) is 26.0 Å². The average molecular weight is 279 g/mol. The molecule has 0 fully saturated rings. The van der Waals surface area contributed by atoms with Gasteiger partial charge in [0.15, 0.2) is 0 Å². The number of carboxylic acids is 1. The van der Waals surface area contributed by atoms with E-state index < -0.39 is 11.9 Å². The average Bonchev–Trinajstić information content (AvgIpc) is 2.42. The highest BCUT2D eigenvalue weighted by atomic mass is 16.5. The lowest BCUT2D eigenvalue weighted by molar-refractivity contribution is -0.141. The van der Waals surface area contributed by atoms with Crippen molar-refractivity contribution < 1.29 is 19.4 Å². The van der Waals surface area contributed by atoms with E-state index in [-0.39, 0.29) is 18.9 Å². The summed E-state index contributed by atoms with van der Waals surface area (Å²) in [6.07, 6.45) is 1.15. The summed E-state index contributed by atoms with van der Waals surface area (Å²) in [5, 5.41) is 11.3. The fraction of sp³-hybridized carbons (Fsp3) is 0.467. The maximum absolute atomic E-state index is 11.7. The third kappa shape index (κ3) is 5.73. The number of hydrogen-bond acceptors (Lipinski definition) is 3. The zero-order valence-electron chi connectivity index (χ0n) is 11.9. The summed E-state index contributed by atoms with van der Waals surface area (Å²) >= 11 is 0. The van der Waals surface area contributed by atoms with E-state index in [1.807, 2.05) is 31.2 Å². The summed E-state index contributed by atoms with van der Waals surface area (Å²) in [7, 11) is 0. The van der Waals surface area contributed by atoms with E-state index in [1.54, 1.807) is 6.92 Å². The molecule has 1 unspecified atom stereocenters. The summed E-state index contributed by atoms with van der Waals surface area (Å²) in [6.45, 7) is 4.37. The number of ether oxygens (including phenoxy) is 1. The minimum Gasteiger partial charge on any atom is -0.494 e. The van der Waals surface area contributed by atoms with Crippen molar-refractivity contribution in [1.82, 2.24) is 5.32 Å². The second kappa shape index (κ2) is 8.19. The highest BCUT2D eigenvalue weighted by Gasteiger charge is 2.12. The highest BCUT2D eigenvalue weighted by Crippen LogP contribution is 2.14. The molecule has 0 saturated carbocycles. The highest BCUT2D eigenvalue weighted by molar-refractivity contribution is 5.79. The Balaban J connectivity index is 2.47. The summed E-state index contributed by atoms with van der Waals surface area (Å²) < 4.78 is 5.50. The lowest BCUT2D eigenvalue weighted by Crippen LogP contribution is -2.32. The van der Waals surface area contributed by atoms with Crippen LogP contribution < -0.4 is 10.1 Å². The molecule has 110 valence electrons. The first-order chi connectivity index (χ1) is 9.52. The SMILES string of the molecule is CCCOc1cccc(CC(=O)NCC(C)C(=O)O)c1. The molecule has 1 atom stereocenters. The number of nitrogens with one attached hydrogen (secondary N) is 1. The monoisotopic (exact) mass is 279 g/mol. The number of carboxylic acid groups (broad SMARTS) is 1. The fourth-order valence-corrected chi connectivity index (χ4v) is 1.57. The van der Waals surface area contributed by atoms with Crippen molar-refractivity contribution in [2.45, 2.75) is 26.7 Å². The summed E-state index contributed by atoms with van der Waals surface area (Å²) in [5.74, 6) is -0.944. The van der Waals surface area contributed by atoms with Crippen LogP contribution in [0.5, 0.6) is 5.75 Å². The molecule has 5 nitrogen and oxygen atoms in total. The van der Waals surface area contributed by atoms with Crippen LogP contribution in [0, 0.1) is 5.92 Å². The third-order valence-electron chi connectivity index (χ3n) is 2.76. The third-order valence-corrected chi connectivity index (χ3v) is 2.76. The van der Waals surface area contributed by atoms with Gasteiger partial charge in [0.05, 0.1) is 18.9 Å². The topological polar surface area (TPSA) is 75.6 Å². The molecule has 1 aromatic carbocycles. The number of benzene rings is 1. The number of aliphatic carboxylic acids is 1. The maximum atomic E-state index is 11.7. The first kappa shape index (κ1) is 16.0. The second-order valence-corrected chi connectivity index (χ2v) is 4.72. The molecule has 0 aliphatic carbocycles. The van der Waals surface area contributed by atoms with Gasteiger partial charge in [-0.05, 0) is 24.1 Å². The van der Waals surface area contributed by atoms with Gasteiger partial charge in [-0.15, -0.1) is 0 Å². The minimum atomic E-state index is -0.916. The van der Waals surface area contributed by atoms with E-state index in [0.29, 0.717) is 6.61 Å². The van der Waals surface area contributed by atoms with Gasteiger partial charge in [0, 0.05) is 6.54 Å². The minimum absolute atomic E-state index is 0.139.